The molecule has 0 radical (unpaired) electrons. The van der Waals surface area contributed by atoms with E-state index in [2.05, 4.69) is 30.9 Å². The fourth-order valence-corrected chi connectivity index (χ4v) is 3.69. The summed E-state index contributed by atoms with van der Waals surface area (Å²) in [4.78, 5) is 16.5. The summed E-state index contributed by atoms with van der Waals surface area (Å²) in [6.45, 7) is 0. The number of ether oxygens (including phenoxy) is 1. The van der Waals surface area contributed by atoms with Gasteiger partial charge in [-0.3, -0.25) is 4.68 Å². The summed E-state index contributed by atoms with van der Waals surface area (Å²) in [5.41, 5.74) is 3.16. The predicted octanol–water partition coefficient (Wildman–Crippen LogP) is 2.91. The van der Waals surface area contributed by atoms with Gasteiger partial charge in [0.2, 0.25) is 0 Å². The molecule has 0 bridgehead atoms. The van der Waals surface area contributed by atoms with E-state index >= 15 is 0 Å². The normalized spacial score (nSPS) is 11.1. The van der Waals surface area contributed by atoms with Crippen molar-refractivity contribution < 1.29 is 14.6 Å². The van der Waals surface area contributed by atoms with Crippen molar-refractivity contribution in [2.75, 3.05) is 12.4 Å². The molecule has 12 nitrogen and oxygen atoms in total. The lowest BCUT2D eigenvalue weighted by Gasteiger charge is -2.12. The van der Waals surface area contributed by atoms with Gasteiger partial charge in [0.25, 0.3) is 0 Å². The first kappa shape index (κ1) is 20.2. The Morgan fingerprint density at radius 2 is 1.97 bits per heavy atom. The summed E-state index contributed by atoms with van der Waals surface area (Å²) in [5, 5.41) is 29.4. The molecule has 0 unspecified atom stereocenters. The lowest BCUT2D eigenvalue weighted by atomic mass is 10.1. The van der Waals surface area contributed by atoms with E-state index in [9.17, 15) is 9.90 Å². The molecular formula is C21H19N9O3. The molecule has 4 heterocycles. The lowest BCUT2D eigenvalue weighted by molar-refractivity contribution is 0.198. The van der Waals surface area contributed by atoms with Crippen molar-refractivity contribution in [2.24, 2.45) is 14.1 Å². The van der Waals surface area contributed by atoms with E-state index in [1.165, 1.54) is 4.57 Å². The Morgan fingerprint density at radius 3 is 2.64 bits per heavy atom. The molecule has 1 aromatic carbocycles. The number of tetrazole rings is 1. The van der Waals surface area contributed by atoms with Crippen LogP contribution in [0.25, 0.3) is 33.5 Å². The molecule has 33 heavy (non-hydrogen) atoms. The average molecular weight is 445 g/mol. The van der Waals surface area contributed by atoms with Crippen LogP contribution in [0.2, 0.25) is 0 Å². The maximum atomic E-state index is 12.1. The number of carbonyl (C=O) groups is 1. The number of pyridine rings is 1. The molecule has 0 fully saturated rings. The molecule has 0 saturated carbocycles. The van der Waals surface area contributed by atoms with Gasteiger partial charge in [0.05, 0.1) is 30.2 Å². The Labute approximate surface area is 187 Å². The van der Waals surface area contributed by atoms with Crippen LogP contribution in [0, 0.1) is 0 Å². The molecule has 5 rings (SSSR count). The van der Waals surface area contributed by atoms with Crippen LogP contribution in [0.3, 0.4) is 0 Å². The molecule has 0 spiro atoms. The van der Waals surface area contributed by atoms with Crippen molar-refractivity contribution in [1.29, 1.82) is 0 Å². The predicted molar refractivity (Wildman–Crippen MR) is 119 cm³/mol. The number of aromatic nitrogens is 8. The second-order valence-corrected chi connectivity index (χ2v) is 7.34. The number of benzene rings is 1. The number of carboxylic acid groups (broad SMARTS) is 1. The zero-order chi connectivity index (χ0) is 23.1. The minimum Gasteiger partial charge on any atom is -0.495 e. The highest BCUT2D eigenvalue weighted by Gasteiger charge is 2.18. The van der Waals surface area contributed by atoms with Gasteiger partial charge in [-0.05, 0) is 34.7 Å². The molecule has 0 amide bonds. The molecule has 5 aromatic rings. The van der Waals surface area contributed by atoms with Gasteiger partial charge in [0.15, 0.2) is 5.82 Å². The number of nitrogens with one attached hydrogen (secondary N) is 1. The van der Waals surface area contributed by atoms with Gasteiger partial charge >= 0.3 is 6.09 Å². The first-order valence-corrected chi connectivity index (χ1v) is 9.86. The van der Waals surface area contributed by atoms with Gasteiger partial charge in [0, 0.05) is 49.1 Å². The number of methoxy groups -OCH3 is 1. The first-order valence-electron chi connectivity index (χ1n) is 9.86. The maximum absolute atomic E-state index is 12.1. The van der Waals surface area contributed by atoms with E-state index in [-0.39, 0.29) is 0 Å². The van der Waals surface area contributed by atoms with Crippen molar-refractivity contribution >= 4 is 28.5 Å². The van der Waals surface area contributed by atoms with Gasteiger partial charge in [-0.2, -0.15) is 5.10 Å². The highest BCUT2D eigenvalue weighted by Crippen LogP contribution is 2.33. The molecule has 4 aromatic heterocycles. The van der Waals surface area contributed by atoms with Crippen LogP contribution in [0.15, 0.2) is 48.9 Å². The van der Waals surface area contributed by atoms with Crippen molar-refractivity contribution in [1.82, 2.24) is 39.5 Å². The number of hydrogen-bond donors (Lipinski definition) is 2. The zero-order valence-electron chi connectivity index (χ0n) is 18.0. The molecule has 0 aliphatic carbocycles. The molecular weight excluding hydrogens is 426 g/mol. The summed E-state index contributed by atoms with van der Waals surface area (Å²) in [7, 11) is 5.09. The topological polar surface area (TPSA) is 138 Å². The number of anilines is 2. The Kier molecular flexibility index (Phi) is 4.74. The van der Waals surface area contributed by atoms with Gasteiger partial charge in [0.1, 0.15) is 11.6 Å². The summed E-state index contributed by atoms with van der Waals surface area (Å²) < 4.78 is 9.95. The fourth-order valence-electron chi connectivity index (χ4n) is 3.69. The standard InChI is InChI=1S/C21H19N9O3/c1-28-11-14(10-23-28)16-6-13-9-22-19(8-17(13)30(16)21(31)32)24-15-5-4-12(7-18(15)33-3)20-25-26-27-29(20)2/h4-11H,1-3H3,(H,22,24)(H,31,32). The summed E-state index contributed by atoms with van der Waals surface area (Å²) in [5.74, 6) is 1.62. The minimum atomic E-state index is -1.10. The number of hydrogen-bond acceptors (Lipinski definition) is 8. The van der Waals surface area contributed by atoms with Crippen LogP contribution in [0.1, 0.15) is 0 Å². The SMILES string of the molecule is COc1cc(-c2nnnn2C)ccc1Nc1cc2c(cn1)cc(-c1cnn(C)c1)n2C(=O)O. The monoisotopic (exact) mass is 445 g/mol. The van der Waals surface area contributed by atoms with Gasteiger partial charge in [-0.15, -0.1) is 5.10 Å². The van der Waals surface area contributed by atoms with Crippen LogP contribution in [0.4, 0.5) is 16.3 Å². The van der Waals surface area contributed by atoms with Gasteiger partial charge in [-0.25, -0.2) is 19.0 Å². The van der Waals surface area contributed by atoms with Crippen LogP contribution in [0.5, 0.6) is 5.75 Å². The summed E-state index contributed by atoms with van der Waals surface area (Å²) in [6, 6.07) is 8.96. The lowest BCUT2D eigenvalue weighted by Crippen LogP contribution is -2.09. The van der Waals surface area contributed by atoms with E-state index in [1.807, 2.05) is 18.2 Å². The molecule has 0 aliphatic rings. The van der Waals surface area contributed by atoms with Gasteiger partial charge in [-0.1, -0.05) is 0 Å². The number of nitrogens with zero attached hydrogens (tertiary/aromatic N) is 8. The highest BCUT2D eigenvalue weighted by atomic mass is 16.5. The molecule has 2 N–H and O–H groups in total. The average Bonchev–Trinajstić information content (AvgIpc) is 3.51. The van der Waals surface area contributed by atoms with E-state index in [1.54, 1.807) is 61.3 Å². The van der Waals surface area contributed by atoms with Crippen LogP contribution < -0.4 is 10.1 Å². The van der Waals surface area contributed by atoms with Crippen molar-refractivity contribution in [3.63, 3.8) is 0 Å². The Balaban J connectivity index is 1.54. The maximum Gasteiger partial charge on any atom is 0.416 e. The molecule has 0 atom stereocenters. The smallest absolute Gasteiger partial charge is 0.416 e. The Bertz CT molecular complexity index is 1500. The molecule has 0 aliphatic heterocycles. The number of fused-ring (bicyclic) bond motifs is 1. The first-order chi connectivity index (χ1) is 15.9. The highest BCUT2D eigenvalue weighted by molar-refractivity contribution is 5.96. The van der Waals surface area contributed by atoms with Crippen LogP contribution in [-0.2, 0) is 14.1 Å². The number of aryl methyl sites for hydroxylation is 2. The second-order valence-electron chi connectivity index (χ2n) is 7.34. The summed E-state index contributed by atoms with van der Waals surface area (Å²) >= 11 is 0. The largest absolute Gasteiger partial charge is 0.495 e. The third kappa shape index (κ3) is 3.52. The third-order valence-electron chi connectivity index (χ3n) is 5.22. The van der Waals surface area contributed by atoms with Crippen molar-refractivity contribution in [3.05, 3.63) is 48.9 Å². The Hall–Kier alpha value is -4.74. The van der Waals surface area contributed by atoms with Gasteiger partial charge < -0.3 is 15.2 Å². The summed E-state index contributed by atoms with van der Waals surface area (Å²) in [6.07, 6.45) is 3.92. The minimum absolute atomic E-state index is 0.465. The number of rotatable bonds is 5. The van der Waals surface area contributed by atoms with E-state index in [0.29, 0.717) is 45.2 Å². The van der Waals surface area contributed by atoms with Crippen molar-refractivity contribution in [3.8, 4) is 28.4 Å². The van der Waals surface area contributed by atoms with Crippen LogP contribution in [-0.4, -0.2) is 57.8 Å². The fraction of sp³-hybridized carbons (Fsp3) is 0.143. The van der Waals surface area contributed by atoms with Crippen LogP contribution >= 0.6 is 0 Å². The van der Waals surface area contributed by atoms with E-state index < -0.39 is 6.09 Å². The van der Waals surface area contributed by atoms with E-state index in [4.69, 9.17) is 4.74 Å². The molecule has 166 valence electrons. The van der Waals surface area contributed by atoms with E-state index in [0.717, 1.165) is 5.56 Å². The Morgan fingerprint density at radius 1 is 1.12 bits per heavy atom. The second kappa shape index (κ2) is 7.75. The van der Waals surface area contributed by atoms with Crippen molar-refractivity contribution in [2.45, 2.75) is 0 Å². The third-order valence-corrected chi connectivity index (χ3v) is 5.22. The quantitative estimate of drug-likeness (QED) is 0.418. The zero-order valence-corrected chi connectivity index (χ0v) is 18.0. The molecule has 12 heteroatoms. The molecule has 0 saturated heterocycles.